The number of amides is 1. The lowest BCUT2D eigenvalue weighted by atomic mass is 9.95. The number of halogens is 1. The molecule has 4 rings (SSSR count). The van der Waals surface area contributed by atoms with Crippen molar-refractivity contribution in [1.29, 1.82) is 0 Å². The van der Waals surface area contributed by atoms with Crippen molar-refractivity contribution in [3.8, 4) is 28.5 Å². The second-order valence-electron chi connectivity index (χ2n) is 7.19. The molecule has 0 spiro atoms. The molecule has 156 valence electrons. The number of benzene rings is 2. The van der Waals surface area contributed by atoms with Crippen molar-refractivity contribution in [1.82, 2.24) is 15.1 Å². The Morgan fingerprint density at radius 2 is 2.03 bits per heavy atom. The lowest BCUT2D eigenvalue weighted by Crippen LogP contribution is -2.30. The Kier molecular flexibility index (Phi) is 5.42. The molecule has 7 nitrogen and oxygen atoms in total. The largest absolute Gasteiger partial charge is 0.507 e. The maximum Gasteiger partial charge on any atom is 0.273 e. The minimum absolute atomic E-state index is 0.000902. The van der Waals surface area contributed by atoms with E-state index in [1.807, 2.05) is 6.07 Å². The third kappa shape index (κ3) is 3.21. The van der Waals surface area contributed by atoms with Crippen LogP contribution in [0.5, 0.6) is 17.2 Å². The molecule has 0 aliphatic carbocycles. The van der Waals surface area contributed by atoms with Crippen LogP contribution < -0.4 is 4.74 Å². The lowest BCUT2D eigenvalue weighted by Gasteiger charge is -2.27. The van der Waals surface area contributed by atoms with Crippen molar-refractivity contribution in [2.75, 3.05) is 13.7 Å². The summed E-state index contributed by atoms with van der Waals surface area (Å²) in [5.41, 5.74) is 2.98. The summed E-state index contributed by atoms with van der Waals surface area (Å²) in [4.78, 5) is 15.0. The summed E-state index contributed by atoms with van der Waals surface area (Å²) in [7, 11) is 1.48. The Hall–Kier alpha value is -3.00. The molecular formula is C22H22BrN3O4. The predicted molar refractivity (Wildman–Crippen MR) is 116 cm³/mol. The highest BCUT2D eigenvalue weighted by atomic mass is 79.9. The highest BCUT2D eigenvalue weighted by Crippen LogP contribution is 2.47. The van der Waals surface area contributed by atoms with Crippen LogP contribution in [0.1, 0.15) is 47.4 Å². The normalized spacial score (nSPS) is 15.5. The van der Waals surface area contributed by atoms with Crippen molar-refractivity contribution >= 4 is 21.8 Å². The Bertz CT molecular complexity index is 1110. The van der Waals surface area contributed by atoms with Gasteiger partial charge in [-0.15, -0.1) is 0 Å². The number of unbranched alkanes of at least 4 members (excludes halogenated alkanes) is 1. The number of rotatable bonds is 6. The number of phenols is 2. The number of hydrogen-bond acceptors (Lipinski definition) is 5. The SMILES string of the molecule is CCCCN1C(=O)c2[nH]nc(-c3ccccc3O)c2[C@@H]1c1cc(Br)c(O)c(OC)c1. The van der Waals surface area contributed by atoms with Gasteiger partial charge in [0.1, 0.15) is 17.1 Å². The van der Waals surface area contributed by atoms with Crippen LogP contribution >= 0.6 is 15.9 Å². The summed E-state index contributed by atoms with van der Waals surface area (Å²) in [5, 5.41) is 27.9. The molecule has 1 aromatic heterocycles. The number of carbonyl (C=O) groups is 1. The molecule has 3 N–H and O–H groups in total. The maximum absolute atomic E-state index is 13.2. The van der Waals surface area contributed by atoms with E-state index < -0.39 is 6.04 Å². The number of carbonyl (C=O) groups excluding carboxylic acids is 1. The first-order chi connectivity index (χ1) is 14.5. The highest BCUT2D eigenvalue weighted by Gasteiger charge is 2.42. The van der Waals surface area contributed by atoms with Gasteiger partial charge in [-0.3, -0.25) is 9.89 Å². The molecule has 1 atom stereocenters. The molecule has 0 radical (unpaired) electrons. The topological polar surface area (TPSA) is 98.7 Å². The molecule has 8 heteroatoms. The van der Waals surface area contributed by atoms with E-state index in [4.69, 9.17) is 4.74 Å². The standard InChI is InChI=1S/C22H22BrN3O4/c1-3-4-9-26-20(12-10-14(23)21(28)16(11-12)30-2)17-18(24-25-19(17)22(26)29)13-7-5-6-8-15(13)27/h5-8,10-11,20,27-28H,3-4,9H2,1-2H3,(H,24,25)/t20-/m0/s1. The van der Waals surface area contributed by atoms with Crippen molar-refractivity contribution in [2.24, 2.45) is 0 Å². The number of hydrogen-bond donors (Lipinski definition) is 3. The van der Waals surface area contributed by atoms with E-state index in [-0.39, 0.29) is 17.4 Å². The van der Waals surface area contributed by atoms with Crippen molar-refractivity contribution < 1.29 is 19.7 Å². The molecule has 0 bridgehead atoms. The number of aromatic hydroxyl groups is 2. The average Bonchev–Trinajstić information content (AvgIpc) is 3.28. The minimum atomic E-state index is -0.432. The highest BCUT2D eigenvalue weighted by molar-refractivity contribution is 9.10. The number of methoxy groups -OCH3 is 1. The Labute approximate surface area is 182 Å². The Morgan fingerprint density at radius 1 is 1.27 bits per heavy atom. The van der Waals surface area contributed by atoms with Crippen molar-refractivity contribution in [2.45, 2.75) is 25.8 Å². The van der Waals surface area contributed by atoms with E-state index in [1.54, 1.807) is 35.2 Å². The maximum atomic E-state index is 13.2. The van der Waals surface area contributed by atoms with Gasteiger partial charge in [0.05, 0.1) is 17.6 Å². The zero-order valence-corrected chi connectivity index (χ0v) is 18.2. The summed E-state index contributed by atoms with van der Waals surface area (Å²) in [6.45, 7) is 2.65. The van der Waals surface area contributed by atoms with Gasteiger partial charge in [-0.05, 0) is 52.2 Å². The van der Waals surface area contributed by atoms with Gasteiger partial charge in [-0.1, -0.05) is 25.5 Å². The third-order valence-electron chi connectivity index (χ3n) is 5.36. The van der Waals surface area contributed by atoms with Crippen LogP contribution in [0.15, 0.2) is 40.9 Å². The summed E-state index contributed by atoms with van der Waals surface area (Å²) in [6, 6.07) is 10.0. The number of fused-ring (bicyclic) bond motifs is 1. The zero-order chi connectivity index (χ0) is 21.4. The zero-order valence-electron chi connectivity index (χ0n) is 16.6. The number of aromatic nitrogens is 2. The summed E-state index contributed by atoms with van der Waals surface area (Å²) in [5.74, 6) is 0.262. The van der Waals surface area contributed by atoms with Crippen LogP contribution in [0.25, 0.3) is 11.3 Å². The predicted octanol–water partition coefficient (Wildman–Crippen LogP) is 4.60. The van der Waals surface area contributed by atoms with Crippen LogP contribution in [-0.4, -0.2) is 44.9 Å². The minimum Gasteiger partial charge on any atom is -0.507 e. The number of phenolic OH excluding ortho intramolecular Hbond substituents is 2. The van der Waals surface area contributed by atoms with E-state index in [0.29, 0.717) is 39.3 Å². The van der Waals surface area contributed by atoms with E-state index >= 15 is 0 Å². The third-order valence-corrected chi connectivity index (χ3v) is 5.97. The quantitative estimate of drug-likeness (QED) is 0.487. The molecule has 1 amide bonds. The Morgan fingerprint density at radius 3 is 2.73 bits per heavy atom. The van der Waals surface area contributed by atoms with Gasteiger partial charge in [-0.2, -0.15) is 5.10 Å². The molecule has 1 aliphatic rings. The van der Waals surface area contributed by atoms with Gasteiger partial charge >= 0.3 is 0 Å². The number of nitrogens with zero attached hydrogens (tertiary/aromatic N) is 2. The van der Waals surface area contributed by atoms with Crippen molar-refractivity contribution in [3.63, 3.8) is 0 Å². The lowest BCUT2D eigenvalue weighted by molar-refractivity contribution is 0.0741. The van der Waals surface area contributed by atoms with Crippen LogP contribution in [-0.2, 0) is 0 Å². The van der Waals surface area contributed by atoms with Gasteiger partial charge in [0.25, 0.3) is 5.91 Å². The molecule has 2 heterocycles. The fourth-order valence-corrected chi connectivity index (χ4v) is 4.35. The number of ether oxygens (including phenoxy) is 1. The molecule has 1 aliphatic heterocycles. The molecule has 0 unspecified atom stereocenters. The number of nitrogens with one attached hydrogen (secondary N) is 1. The smallest absolute Gasteiger partial charge is 0.273 e. The fraction of sp³-hybridized carbons (Fsp3) is 0.273. The van der Waals surface area contributed by atoms with Gasteiger partial charge in [0, 0.05) is 17.7 Å². The van der Waals surface area contributed by atoms with Crippen LogP contribution in [0, 0.1) is 0 Å². The van der Waals surface area contributed by atoms with Gasteiger partial charge < -0.3 is 19.8 Å². The van der Waals surface area contributed by atoms with Gasteiger partial charge in [-0.25, -0.2) is 0 Å². The van der Waals surface area contributed by atoms with Crippen LogP contribution in [0.3, 0.4) is 0 Å². The van der Waals surface area contributed by atoms with Gasteiger partial charge in [0.15, 0.2) is 11.5 Å². The first-order valence-electron chi connectivity index (χ1n) is 9.71. The number of para-hydroxylation sites is 1. The molecule has 0 saturated heterocycles. The van der Waals surface area contributed by atoms with E-state index in [2.05, 4.69) is 33.1 Å². The molecule has 3 aromatic rings. The monoisotopic (exact) mass is 471 g/mol. The fourth-order valence-electron chi connectivity index (χ4n) is 3.89. The number of aromatic amines is 1. The first-order valence-corrected chi connectivity index (χ1v) is 10.5. The average molecular weight is 472 g/mol. The van der Waals surface area contributed by atoms with E-state index in [0.717, 1.165) is 18.4 Å². The van der Waals surface area contributed by atoms with E-state index in [1.165, 1.54) is 7.11 Å². The molecular weight excluding hydrogens is 450 g/mol. The van der Waals surface area contributed by atoms with Crippen LogP contribution in [0.4, 0.5) is 0 Å². The molecule has 0 fully saturated rings. The summed E-state index contributed by atoms with van der Waals surface area (Å²) < 4.78 is 5.80. The Balaban J connectivity index is 1.93. The summed E-state index contributed by atoms with van der Waals surface area (Å²) >= 11 is 3.38. The van der Waals surface area contributed by atoms with E-state index in [9.17, 15) is 15.0 Å². The second kappa shape index (κ2) is 8.02. The van der Waals surface area contributed by atoms with Crippen molar-refractivity contribution in [3.05, 3.63) is 57.7 Å². The number of H-pyrrole nitrogens is 1. The molecule has 30 heavy (non-hydrogen) atoms. The van der Waals surface area contributed by atoms with Gasteiger partial charge in [0.2, 0.25) is 0 Å². The molecule has 2 aromatic carbocycles. The molecule has 0 saturated carbocycles. The second-order valence-corrected chi connectivity index (χ2v) is 8.04. The van der Waals surface area contributed by atoms with Crippen LogP contribution in [0.2, 0.25) is 0 Å². The first kappa shape index (κ1) is 20.3. The summed E-state index contributed by atoms with van der Waals surface area (Å²) in [6.07, 6.45) is 1.79.